The van der Waals surface area contributed by atoms with Crippen molar-refractivity contribution in [3.63, 3.8) is 0 Å². The molecule has 2 rings (SSSR count). The zero-order chi connectivity index (χ0) is 13.1. The highest BCUT2D eigenvalue weighted by molar-refractivity contribution is 7.11. The highest BCUT2D eigenvalue weighted by Gasteiger charge is 2.10. The minimum absolute atomic E-state index is 0.191. The Labute approximate surface area is 109 Å². The predicted octanol–water partition coefficient (Wildman–Crippen LogP) is 3.19. The molecular weight excluding hydrogens is 251 g/mol. The van der Waals surface area contributed by atoms with Gasteiger partial charge in [-0.2, -0.15) is 0 Å². The third kappa shape index (κ3) is 3.05. The molecule has 0 fully saturated rings. The van der Waals surface area contributed by atoms with E-state index in [0.29, 0.717) is 12.4 Å². The highest BCUT2D eigenvalue weighted by Crippen LogP contribution is 2.26. The molecule has 0 aliphatic rings. The molecule has 0 spiro atoms. The van der Waals surface area contributed by atoms with Gasteiger partial charge < -0.3 is 10.5 Å². The Balaban J connectivity index is 2.15. The van der Waals surface area contributed by atoms with Crippen molar-refractivity contribution in [1.29, 1.82) is 0 Å². The molecule has 0 aliphatic heterocycles. The van der Waals surface area contributed by atoms with Crippen molar-refractivity contribution >= 4 is 11.3 Å². The van der Waals surface area contributed by atoms with Crippen LogP contribution >= 0.6 is 11.3 Å². The molecule has 18 heavy (non-hydrogen) atoms. The van der Waals surface area contributed by atoms with Crippen LogP contribution in [0, 0.1) is 12.7 Å². The van der Waals surface area contributed by atoms with Crippen molar-refractivity contribution in [2.24, 2.45) is 5.73 Å². The number of nitrogens with zero attached hydrogens (tertiary/aromatic N) is 1. The number of thiazole rings is 1. The van der Waals surface area contributed by atoms with E-state index in [4.69, 9.17) is 10.5 Å². The molecule has 2 N–H and O–H groups in total. The normalized spacial score (nSPS) is 12.4. The average Bonchev–Trinajstić information content (AvgIpc) is 2.72. The highest BCUT2D eigenvalue weighted by atomic mass is 32.1. The number of rotatable bonds is 4. The van der Waals surface area contributed by atoms with E-state index < -0.39 is 0 Å². The van der Waals surface area contributed by atoms with Crippen molar-refractivity contribution in [2.75, 3.05) is 0 Å². The van der Waals surface area contributed by atoms with Gasteiger partial charge in [0.25, 0.3) is 0 Å². The lowest BCUT2D eigenvalue weighted by Crippen LogP contribution is -2.08. The lowest BCUT2D eigenvalue weighted by atomic mass is 10.1. The largest absolute Gasteiger partial charge is 0.488 e. The Morgan fingerprint density at radius 3 is 2.89 bits per heavy atom. The lowest BCUT2D eigenvalue weighted by molar-refractivity contribution is 0.303. The van der Waals surface area contributed by atoms with Crippen LogP contribution in [0.3, 0.4) is 0 Å². The third-order valence-electron chi connectivity index (χ3n) is 2.51. The molecule has 1 atom stereocenters. The maximum Gasteiger partial charge on any atom is 0.127 e. The zero-order valence-electron chi connectivity index (χ0n) is 10.3. The second-order valence-electron chi connectivity index (χ2n) is 4.11. The first-order chi connectivity index (χ1) is 8.56. The van der Waals surface area contributed by atoms with Crippen LogP contribution in [0.4, 0.5) is 4.39 Å². The summed E-state index contributed by atoms with van der Waals surface area (Å²) in [6.45, 7) is 4.16. The Hall–Kier alpha value is -1.46. The smallest absolute Gasteiger partial charge is 0.127 e. The van der Waals surface area contributed by atoms with E-state index in [-0.39, 0.29) is 11.9 Å². The van der Waals surface area contributed by atoms with Gasteiger partial charge in [-0.15, -0.1) is 11.3 Å². The maximum atomic E-state index is 13.2. The summed E-state index contributed by atoms with van der Waals surface area (Å²) >= 11 is 1.56. The molecule has 0 radical (unpaired) electrons. The van der Waals surface area contributed by atoms with Crippen molar-refractivity contribution in [3.05, 3.63) is 45.7 Å². The van der Waals surface area contributed by atoms with Gasteiger partial charge in [-0.1, -0.05) is 6.07 Å². The van der Waals surface area contributed by atoms with Crippen LogP contribution in [0.15, 0.2) is 24.4 Å². The molecule has 1 unspecified atom stereocenters. The van der Waals surface area contributed by atoms with Crippen LogP contribution in [0.1, 0.15) is 28.4 Å². The van der Waals surface area contributed by atoms with Crippen LogP contribution in [-0.4, -0.2) is 4.98 Å². The monoisotopic (exact) mass is 266 g/mol. The van der Waals surface area contributed by atoms with E-state index in [1.165, 1.54) is 12.1 Å². The van der Waals surface area contributed by atoms with Gasteiger partial charge in [0, 0.05) is 23.9 Å². The molecule has 1 aromatic carbocycles. The molecule has 0 amide bonds. The molecule has 0 aliphatic carbocycles. The van der Waals surface area contributed by atoms with Crippen molar-refractivity contribution < 1.29 is 9.13 Å². The second kappa shape index (κ2) is 5.46. The summed E-state index contributed by atoms with van der Waals surface area (Å²) in [5, 5.41) is 0.986. The molecule has 96 valence electrons. The van der Waals surface area contributed by atoms with Crippen molar-refractivity contribution in [1.82, 2.24) is 4.98 Å². The molecular formula is C13H15FN2OS. The number of ether oxygens (including phenoxy) is 1. The first-order valence-corrected chi connectivity index (χ1v) is 6.47. The lowest BCUT2D eigenvalue weighted by Gasteiger charge is -2.13. The van der Waals surface area contributed by atoms with E-state index in [1.807, 2.05) is 13.8 Å². The van der Waals surface area contributed by atoms with Crippen LogP contribution in [0.2, 0.25) is 0 Å². The third-order valence-corrected chi connectivity index (χ3v) is 3.39. The van der Waals surface area contributed by atoms with E-state index in [1.54, 1.807) is 23.6 Å². The van der Waals surface area contributed by atoms with Crippen molar-refractivity contribution in [2.45, 2.75) is 26.5 Å². The quantitative estimate of drug-likeness (QED) is 0.924. The standard InChI is InChI=1S/C13H15FN2OS/c1-8(15)12-4-3-10(14)5-13(12)17-7-11-6-16-9(2)18-11/h3-6,8H,7,15H2,1-2H3. The van der Waals surface area contributed by atoms with Gasteiger partial charge >= 0.3 is 0 Å². The summed E-state index contributed by atoms with van der Waals surface area (Å²) in [6, 6.07) is 4.23. The topological polar surface area (TPSA) is 48.1 Å². The fourth-order valence-corrected chi connectivity index (χ4v) is 2.34. The molecule has 2 aromatic rings. The Morgan fingerprint density at radius 1 is 1.50 bits per heavy atom. The number of aryl methyl sites for hydroxylation is 1. The minimum atomic E-state index is -0.324. The Bertz CT molecular complexity index is 540. The second-order valence-corrected chi connectivity index (χ2v) is 5.42. The molecule has 0 saturated heterocycles. The summed E-state index contributed by atoms with van der Waals surface area (Å²) < 4.78 is 18.8. The summed E-state index contributed by atoms with van der Waals surface area (Å²) in [5.74, 6) is 0.172. The van der Waals surface area contributed by atoms with Crippen LogP contribution < -0.4 is 10.5 Å². The van der Waals surface area contributed by atoms with E-state index >= 15 is 0 Å². The first-order valence-electron chi connectivity index (χ1n) is 5.65. The predicted molar refractivity (Wildman–Crippen MR) is 70.2 cm³/mol. The summed E-state index contributed by atoms with van der Waals surface area (Å²) in [6.07, 6.45) is 1.77. The number of nitrogens with two attached hydrogens (primary N) is 1. The number of aromatic nitrogens is 1. The average molecular weight is 266 g/mol. The molecule has 0 saturated carbocycles. The van der Waals surface area contributed by atoms with Gasteiger partial charge in [-0.3, -0.25) is 0 Å². The molecule has 5 heteroatoms. The van der Waals surface area contributed by atoms with Gasteiger partial charge in [0.05, 0.1) is 9.88 Å². The number of halogens is 1. The van der Waals surface area contributed by atoms with E-state index in [2.05, 4.69) is 4.98 Å². The summed E-state index contributed by atoms with van der Waals surface area (Å²) in [7, 11) is 0. The summed E-state index contributed by atoms with van der Waals surface area (Å²) in [4.78, 5) is 5.15. The Morgan fingerprint density at radius 2 is 2.28 bits per heavy atom. The molecule has 1 heterocycles. The first kappa shape index (κ1) is 13.0. The van der Waals surface area contributed by atoms with Crippen molar-refractivity contribution in [3.8, 4) is 5.75 Å². The maximum absolute atomic E-state index is 13.2. The summed E-state index contributed by atoms with van der Waals surface area (Å²) in [5.41, 5.74) is 6.63. The molecule has 0 bridgehead atoms. The number of benzene rings is 1. The van der Waals surface area contributed by atoms with E-state index in [9.17, 15) is 4.39 Å². The van der Waals surface area contributed by atoms with Gasteiger partial charge in [0.2, 0.25) is 0 Å². The number of hydrogen-bond acceptors (Lipinski definition) is 4. The number of hydrogen-bond donors (Lipinski definition) is 1. The van der Waals surface area contributed by atoms with Gasteiger partial charge in [-0.05, 0) is 19.9 Å². The minimum Gasteiger partial charge on any atom is -0.488 e. The molecule has 3 nitrogen and oxygen atoms in total. The van der Waals surface area contributed by atoms with Crippen LogP contribution in [0.5, 0.6) is 5.75 Å². The van der Waals surface area contributed by atoms with Crippen LogP contribution in [0.25, 0.3) is 0 Å². The van der Waals surface area contributed by atoms with Gasteiger partial charge in [0.1, 0.15) is 18.2 Å². The zero-order valence-corrected chi connectivity index (χ0v) is 11.1. The fraction of sp³-hybridized carbons (Fsp3) is 0.308. The van der Waals surface area contributed by atoms with Crippen LogP contribution in [-0.2, 0) is 6.61 Å². The van der Waals surface area contributed by atoms with Gasteiger partial charge in [-0.25, -0.2) is 9.37 Å². The Kier molecular flexibility index (Phi) is 3.93. The SMILES string of the molecule is Cc1ncc(COc2cc(F)ccc2C(C)N)s1. The molecule has 1 aromatic heterocycles. The fourth-order valence-electron chi connectivity index (χ4n) is 1.63. The van der Waals surface area contributed by atoms with Gasteiger partial charge in [0.15, 0.2) is 0 Å². The van der Waals surface area contributed by atoms with E-state index in [0.717, 1.165) is 15.4 Å².